The molecule has 12 heteroatoms. The van der Waals surface area contributed by atoms with Gasteiger partial charge in [0.25, 0.3) is 0 Å². The molecule has 3 unspecified atom stereocenters. The third-order valence-corrected chi connectivity index (χ3v) is 15.8. The summed E-state index contributed by atoms with van der Waals surface area (Å²) in [6, 6.07) is 3.77. The van der Waals surface area contributed by atoms with Crippen molar-refractivity contribution in [1.82, 2.24) is 9.80 Å². The molecular formula is C56H95N3O7S2. The molecule has 1 N–H and O–H groups in total. The zero-order chi connectivity index (χ0) is 49.6. The third kappa shape index (κ3) is 22.1. The summed E-state index contributed by atoms with van der Waals surface area (Å²) in [5.74, 6) is 0.911. The Morgan fingerprint density at radius 1 is 0.676 bits per heavy atom. The highest BCUT2D eigenvalue weighted by Crippen LogP contribution is 2.55. The van der Waals surface area contributed by atoms with Gasteiger partial charge in [-0.2, -0.15) is 0 Å². The third-order valence-electron chi connectivity index (χ3n) is 13.9. The Morgan fingerprint density at radius 3 is 1.59 bits per heavy atom. The van der Waals surface area contributed by atoms with Crippen molar-refractivity contribution in [3.8, 4) is 11.5 Å². The molecule has 0 fully saturated rings. The molecule has 388 valence electrons. The number of ether oxygens (including phenoxy) is 2. The Hall–Kier alpha value is -2.80. The van der Waals surface area contributed by atoms with Gasteiger partial charge < -0.3 is 14.8 Å². The van der Waals surface area contributed by atoms with E-state index in [0.717, 1.165) is 62.7 Å². The fourth-order valence-electron chi connectivity index (χ4n) is 10.1. The summed E-state index contributed by atoms with van der Waals surface area (Å²) in [4.78, 5) is 46.4. The molecule has 1 aromatic heterocycles. The molecule has 0 aliphatic carbocycles. The number of rotatable bonds is 42. The van der Waals surface area contributed by atoms with E-state index >= 15 is 0 Å². The van der Waals surface area contributed by atoms with Crippen molar-refractivity contribution in [2.24, 2.45) is 0 Å². The van der Waals surface area contributed by atoms with Crippen LogP contribution in [0.25, 0.3) is 0 Å². The molecule has 2 heterocycles. The molecule has 0 bridgehead atoms. The van der Waals surface area contributed by atoms with E-state index in [4.69, 9.17) is 9.47 Å². The highest BCUT2D eigenvalue weighted by Gasteiger charge is 2.47. The molecule has 3 rings (SSSR count). The van der Waals surface area contributed by atoms with Crippen LogP contribution in [0.1, 0.15) is 249 Å². The molecule has 0 radical (unpaired) electrons. The number of carbonyl (C=O) groups excluding carboxylic acids is 3. The topological polar surface area (TPSA) is 122 Å². The maximum Gasteiger partial charge on any atom is 0.239 e. The first-order chi connectivity index (χ1) is 32.9. The van der Waals surface area contributed by atoms with Crippen LogP contribution >= 0.6 is 11.3 Å². The van der Waals surface area contributed by atoms with Crippen LogP contribution in [-0.4, -0.2) is 81.1 Å². The van der Waals surface area contributed by atoms with Crippen molar-refractivity contribution in [2.45, 2.75) is 233 Å². The van der Waals surface area contributed by atoms with E-state index in [1.807, 2.05) is 38.3 Å². The minimum absolute atomic E-state index is 0.107. The number of hydrogen-bond donors (Lipinski definition) is 1. The summed E-state index contributed by atoms with van der Waals surface area (Å²) in [6.45, 7) is 12.6. The predicted molar refractivity (Wildman–Crippen MR) is 285 cm³/mol. The number of ketones is 2. The molecule has 10 nitrogen and oxygen atoms in total. The predicted octanol–water partition coefficient (Wildman–Crippen LogP) is 14.7. The number of unbranched alkanes of at least 4 members (excludes halogenated alkanes) is 22. The van der Waals surface area contributed by atoms with Crippen molar-refractivity contribution < 1.29 is 32.3 Å². The highest BCUT2D eigenvalue weighted by atomic mass is 32.2. The Morgan fingerprint density at radius 2 is 1.15 bits per heavy atom. The van der Waals surface area contributed by atoms with Gasteiger partial charge in [0.05, 0.1) is 32.1 Å². The van der Waals surface area contributed by atoms with Gasteiger partial charge >= 0.3 is 0 Å². The molecule has 0 saturated heterocycles. The van der Waals surface area contributed by atoms with Crippen molar-refractivity contribution in [2.75, 3.05) is 50.7 Å². The maximum atomic E-state index is 14.3. The maximum absolute atomic E-state index is 14.3. The summed E-state index contributed by atoms with van der Waals surface area (Å²) in [6.07, 6.45) is 31.6. The molecular weight excluding hydrogens is 891 g/mol. The Labute approximate surface area is 418 Å². The second-order valence-corrected chi connectivity index (χ2v) is 22.7. The summed E-state index contributed by atoms with van der Waals surface area (Å²) in [7, 11) is -2.02. The van der Waals surface area contributed by atoms with Gasteiger partial charge in [-0.25, -0.2) is 8.42 Å². The fourth-order valence-corrected chi connectivity index (χ4v) is 12.1. The number of carbonyl (C=O) groups is 3. The SMILES string of the molecule is CCCCCCCCCCCCCCC(=O)CC1c2csc(NC(=O)CN(CC)CC)c2C(CC(=O)CCCCCCCCCCCCCC)N1C(CS(C)(=O)=O)c1ccc(OC)c(OCC)c1. The number of anilines is 1. The van der Waals surface area contributed by atoms with Crippen LogP contribution in [0, 0.1) is 0 Å². The van der Waals surface area contributed by atoms with Gasteiger partial charge in [-0.15, -0.1) is 11.3 Å². The number of benzene rings is 1. The van der Waals surface area contributed by atoms with Crippen LogP contribution in [-0.2, 0) is 24.2 Å². The zero-order valence-electron chi connectivity index (χ0n) is 43.9. The Balaban J connectivity index is 1.91. The quantitative estimate of drug-likeness (QED) is 0.0648. The number of likely N-dealkylation sites (N-methyl/N-ethyl adjacent to an activating group) is 1. The molecule has 3 atom stereocenters. The first-order valence-corrected chi connectivity index (χ1v) is 30.3. The van der Waals surface area contributed by atoms with Crippen LogP contribution in [0.2, 0.25) is 0 Å². The number of amides is 1. The van der Waals surface area contributed by atoms with Crippen LogP contribution in [0.4, 0.5) is 5.00 Å². The average molecular weight is 987 g/mol. The van der Waals surface area contributed by atoms with Gasteiger partial charge in [-0.05, 0) is 61.5 Å². The molecule has 1 amide bonds. The zero-order valence-corrected chi connectivity index (χ0v) is 45.6. The van der Waals surface area contributed by atoms with E-state index in [1.54, 1.807) is 13.2 Å². The summed E-state index contributed by atoms with van der Waals surface area (Å²) in [5, 5.41) is 5.92. The van der Waals surface area contributed by atoms with Crippen molar-refractivity contribution in [1.29, 1.82) is 0 Å². The van der Waals surface area contributed by atoms with E-state index in [1.165, 1.54) is 133 Å². The summed E-state index contributed by atoms with van der Waals surface area (Å²) < 4.78 is 38.8. The van der Waals surface area contributed by atoms with Gasteiger partial charge in [0, 0.05) is 49.6 Å². The number of sulfone groups is 1. The second-order valence-electron chi connectivity index (χ2n) is 19.6. The molecule has 0 saturated carbocycles. The summed E-state index contributed by atoms with van der Waals surface area (Å²) >= 11 is 1.44. The molecule has 2 aromatic rings. The Kier molecular flexibility index (Phi) is 30.2. The number of methoxy groups -OCH3 is 1. The van der Waals surface area contributed by atoms with Crippen LogP contribution in [0.3, 0.4) is 0 Å². The summed E-state index contributed by atoms with van der Waals surface area (Å²) in [5.41, 5.74) is 2.44. The van der Waals surface area contributed by atoms with Gasteiger partial charge in [0.15, 0.2) is 11.5 Å². The van der Waals surface area contributed by atoms with Crippen LogP contribution < -0.4 is 14.8 Å². The number of nitrogens with zero attached hydrogens (tertiary/aromatic N) is 2. The smallest absolute Gasteiger partial charge is 0.239 e. The lowest BCUT2D eigenvalue weighted by molar-refractivity contribution is -0.121. The normalized spacial score (nSPS) is 15.5. The minimum Gasteiger partial charge on any atom is -0.493 e. The van der Waals surface area contributed by atoms with E-state index in [0.29, 0.717) is 41.5 Å². The fraction of sp³-hybridized carbons (Fsp3) is 0.768. The van der Waals surface area contributed by atoms with E-state index in [-0.39, 0.29) is 42.6 Å². The van der Waals surface area contributed by atoms with Gasteiger partial charge in [-0.1, -0.05) is 175 Å². The molecule has 1 aliphatic rings. The lowest BCUT2D eigenvalue weighted by Gasteiger charge is -2.38. The highest BCUT2D eigenvalue weighted by molar-refractivity contribution is 7.90. The van der Waals surface area contributed by atoms with Gasteiger partial charge in [0.1, 0.15) is 26.4 Å². The monoisotopic (exact) mass is 986 g/mol. The number of hydrogen-bond acceptors (Lipinski definition) is 10. The van der Waals surface area contributed by atoms with E-state index in [2.05, 4.69) is 29.0 Å². The first-order valence-electron chi connectivity index (χ1n) is 27.3. The van der Waals surface area contributed by atoms with Crippen molar-refractivity contribution in [3.63, 3.8) is 0 Å². The standard InChI is InChI=1S/C56H95N3O7S2/c1-8-13-15-17-19-21-23-25-27-29-31-33-35-46(60)40-49-48-43-67-56(57-54(62)42-58(10-3)11-4)55(48)50(41-47(61)36-34-32-30-28-26-24-22-20-18-16-14-9-2)59(49)51(44-68(7,63)64)45-37-38-52(65-6)53(39-45)66-12-5/h37-39,43,49-51H,8-36,40-42,44H2,1-7H3,(H,57,62). The number of nitrogens with one attached hydrogen (secondary N) is 1. The van der Waals surface area contributed by atoms with Crippen molar-refractivity contribution >= 4 is 43.6 Å². The number of thiophene rings is 1. The van der Waals surface area contributed by atoms with Gasteiger partial charge in [-0.3, -0.25) is 24.2 Å². The minimum atomic E-state index is -3.60. The van der Waals surface area contributed by atoms with Crippen molar-refractivity contribution in [3.05, 3.63) is 40.3 Å². The van der Waals surface area contributed by atoms with Crippen LogP contribution in [0.5, 0.6) is 11.5 Å². The van der Waals surface area contributed by atoms with E-state index < -0.39 is 28.0 Å². The Bertz CT molecular complexity index is 1830. The number of Topliss-reactive ketones (excluding diaryl/α,β-unsaturated/α-hetero) is 2. The average Bonchev–Trinajstić information content (AvgIpc) is 3.85. The molecule has 1 aromatic carbocycles. The lowest BCUT2D eigenvalue weighted by atomic mass is 9.97. The van der Waals surface area contributed by atoms with Crippen LogP contribution in [0.15, 0.2) is 23.6 Å². The molecule has 1 aliphatic heterocycles. The van der Waals surface area contributed by atoms with Gasteiger partial charge in [0.2, 0.25) is 5.91 Å². The largest absolute Gasteiger partial charge is 0.493 e. The molecule has 68 heavy (non-hydrogen) atoms. The molecule has 0 spiro atoms. The second kappa shape index (κ2) is 34.5. The van der Waals surface area contributed by atoms with E-state index in [9.17, 15) is 22.8 Å². The lowest BCUT2D eigenvalue weighted by Crippen LogP contribution is -2.37. The number of fused-ring (bicyclic) bond motifs is 1. The first kappa shape index (κ1) is 59.5.